The summed E-state index contributed by atoms with van der Waals surface area (Å²) in [4.78, 5) is 47.7. The summed E-state index contributed by atoms with van der Waals surface area (Å²) >= 11 is 0. The molecule has 3 rings (SSSR count). The average molecular weight is 444 g/mol. The van der Waals surface area contributed by atoms with E-state index >= 15 is 0 Å². The molecule has 0 saturated carbocycles. The van der Waals surface area contributed by atoms with E-state index in [0.29, 0.717) is 28.7 Å². The number of carboxylic acids is 1. The van der Waals surface area contributed by atoms with Gasteiger partial charge < -0.3 is 24.9 Å². The molecule has 2 aromatic rings. The number of rotatable bonds is 8. The molecule has 32 heavy (non-hydrogen) atoms. The number of fused-ring (bicyclic) bond motifs is 3. The Bertz CT molecular complexity index is 1100. The average Bonchev–Trinajstić information content (AvgIpc) is 2.73. The highest BCUT2D eigenvalue weighted by atomic mass is 16.5. The zero-order valence-corrected chi connectivity index (χ0v) is 18.4. The number of aryl methyl sites for hydroxylation is 2. The molecular formula is C23H28N2O7. The Hall–Kier alpha value is -3.36. The Balaban J connectivity index is 1.68. The van der Waals surface area contributed by atoms with Crippen LogP contribution in [0.5, 0.6) is 5.75 Å². The highest BCUT2D eigenvalue weighted by Gasteiger charge is 2.24. The summed E-state index contributed by atoms with van der Waals surface area (Å²) in [6.07, 6.45) is 3.28. The van der Waals surface area contributed by atoms with Gasteiger partial charge in [0.1, 0.15) is 17.4 Å². The number of aliphatic carboxylic acids is 1. The molecule has 0 fully saturated rings. The van der Waals surface area contributed by atoms with E-state index in [4.69, 9.17) is 14.3 Å². The molecule has 3 N–H and O–H groups in total. The number of hydrogen-bond acceptors (Lipinski definition) is 6. The molecule has 2 amide bonds. The Morgan fingerprint density at radius 1 is 1.12 bits per heavy atom. The first kappa shape index (κ1) is 23.3. The molecule has 1 atom stereocenters. The zero-order valence-electron chi connectivity index (χ0n) is 18.4. The van der Waals surface area contributed by atoms with Gasteiger partial charge in [-0.05, 0) is 61.8 Å². The predicted molar refractivity (Wildman–Crippen MR) is 117 cm³/mol. The van der Waals surface area contributed by atoms with Crippen LogP contribution >= 0.6 is 0 Å². The molecular weight excluding hydrogens is 416 g/mol. The lowest BCUT2D eigenvalue weighted by molar-refractivity contribution is -0.143. The van der Waals surface area contributed by atoms with Crippen LogP contribution in [0.1, 0.15) is 43.4 Å². The van der Waals surface area contributed by atoms with E-state index in [1.54, 1.807) is 26.0 Å². The molecule has 0 aliphatic heterocycles. The van der Waals surface area contributed by atoms with Gasteiger partial charge in [0.15, 0.2) is 6.61 Å². The molecule has 1 aromatic carbocycles. The fourth-order valence-electron chi connectivity index (χ4n) is 3.89. The van der Waals surface area contributed by atoms with E-state index in [2.05, 4.69) is 10.6 Å². The number of ether oxygens (including phenoxy) is 1. The first-order chi connectivity index (χ1) is 15.2. The summed E-state index contributed by atoms with van der Waals surface area (Å²) in [5.74, 6) is -2.11. The third kappa shape index (κ3) is 5.27. The van der Waals surface area contributed by atoms with E-state index in [1.807, 2.05) is 6.92 Å². The van der Waals surface area contributed by atoms with Gasteiger partial charge in [0.25, 0.3) is 5.91 Å². The minimum absolute atomic E-state index is 0.295. The van der Waals surface area contributed by atoms with E-state index in [9.17, 15) is 19.2 Å². The van der Waals surface area contributed by atoms with Crippen LogP contribution in [0.3, 0.4) is 0 Å². The van der Waals surface area contributed by atoms with Gasteiger partial charge in [0, 0.05) is 5.56 Å². The Kier molecular flexibility index (Phi) is 7.17. The first-order valence-corrected chi connectivity index (χ1v) is 10.7. The molecule has 9 heteroatoms. The number of carbonyl (C=O) groups excluding carboxylic acids is 2. The van der Waals surface area contributed by atoms with Crippen molar-refractivity contribution in [1.29, 1.82) is 0 Å². The van der Waals surface area contributed by atoms with Crippen LogP contribution in [0.25, 0.3) is 11.0 Å². The van der Waals surface area contributed by atoms with Crippen molar-refractivity contribution in [2.24, 2.45) is 5.92 Å². The number of nitrogens with one attached hydrogen (secondary N) is 2. The van der Waals surface area contributed by atoms with Gasteiger partial charge in [-0.3, -0.25) is 9.59 Å². The van der Waals surface area contributed by atoms with Crippen LogP contribution in [0.15, 0.2) is 21.3 Å². The summed E-state index contributed by atoms with van der Waals surface area (Å²) in [5, 5.41) is 14.7. The topological polar surface area (TPSA) is 135 Å². The molecule has 1 aromatic heterocycles. The lowest BCUT2D eigenvalue weighted by Gasteiger charge is -2.19. The maximum atomic E-state index is 12.3. The van der Waals surface area contributed by atoms with Gasteiger partial charge in [-0.1, -0.05) is 13.8 Å². The van der Waals surface area contributed by atoms with E-state index in [1.165, 1.54) is 0 Å². The Labute approximate surface area is 185 Å². The summed E-state index contributed by atoms with van der Waals surface area (Å²) in [6, 6.07) is 2.53. The maximum Gasteiger partial charge on any atom is 0.339 e. The first-order valence-electron chi connectivity index (χ1n) is 10.7. The number of benzene rings is 1. The van der Waals surface area contributed by atoms with Crippen molar-refractivity contribution >= 4 is 28.8 Å². The second kappa shape index (κ2) is 9.84. The van der Waals surface area contributed by atoms with Crippen molar-refractivity contribution in [3.63, 3.8) is 0 Å². The highest BCUT2D eigenvalue weighted by molar-refractivity contribution is 5.90. The minimum atomic E-state index is -1.13. The molecule has 1 heterocycles. The normalized spacial score (nSPS) is 14.0. The summed E-state index contributed by atoms with van der Waals surface area (Å²) in [5.41, 5.74) is 2.49. The highest BCUT2D eigenvalue weighted by Crippen LogP contribution is 2.34. The molecule has 0 radical (unpaired) electrons. The largest absolute Gasteiger partial charge is 0.483 e. The number of amides is 2. The van der Waals surface area contributed by atoms with Crippen molar-refractivity contribution in [3.8, 4) is 5.75 Å². The molecule has 0 spiro atoms. The maximum absolute atomic E-state index is 12.3. The molecule has 1 aliphatic carbocycles. The van der Waals surface area contributed by atoms with Crippen LogP contribution < -0.4 is 21.0 Å². The van der Waals surface area contributed by atoms with Crippen molar-refractivity contribution in [1.82, 2.24) is 10.6 Å². The van der Waals surface area contributed by atoms with Crippen LogP contribution in [-0.4, -0.2) is 42.1 Å². The van der Waals surface area contributed by atoms with E-state index in [0.717, 1.165) is 30.4 Å². The second-order valence-electron chi connectivity index (χ2n) is 8.38. The number of hydrogen-bond donors (Lipinski definition) is 3. The Morgan fingerprint density at radius 2 is 1.81 bits per heavy atom. The Morgan fingerprint density at radius 3 is 2.47 bits per heavy atom. The van der Waals surface area contributed by atoms with Gasteiger partial charge in [-0.2, -0.15) is 0 Å². The third-order valence-corrected chi connectivity index (χ3v) is 5.48. The van der Waals surface area contributed by atoms with E-state index in [-0.39, 0.29) is 24.7 Å². The molecule has 0 unspecified atom stereocenters. The lowest BCUT2D eigenvalue weighted by atomic mass is 9.90. The standard InChI is InChI=1S/C23H28N2O7/c1-12(2)21(22(28)29)25-18(26)10-24-19(27)11-31-16-8-13(3)9-17-20(16)14-6-4-5-7-15(14)23(30)32-17/h8-9,12,21H,4-7,10-11H2,1-3H3,(H,24,27)(H,25,26)(H,28,29)/t21-/m0/s1. The summed E-state index contributed by atoms with van der Waals surface area (Å²) in [6.45, 7) is 4.49. The molecule has 0 bridgehead atoms. The fraction of sp³-hybridized carbons (Fsp3) is 0.478. The van der Waals surface area contributed by atoms with Crippen LogP contribution in [0.2, 0.25) is 0 Å². The molecule has 172 valence electrons. The molecule has 1 aliphatic rings. The third-order valence-electron chi connectivity index (χ3n) is 5.48. The quantitative estimate of drug-likeness (QED) is 0.528. The van der Waals surface area contributed by atoms with Gasteiger partial charge in [0.05, 0.1) is 11.9 Å². The fourth-order valence-corrected chi connectivity index (χ4v) is 3.89. The lowest BCUT2D eigenvalue weighted by Crippen LogP contribution is -2.48. The van der Waals surface area contributed by atoms with Gasteiger partial charge in [-0.15, -0.1) is 0 Å². The van der Waals surface area contributed by atoms with Crippen molar-refractivity contribution in [3.05, 3.63) is 39.2 Å². The minimum Gasteiger partial charge on any atom is -0.483 e. The van der Waals surface area contributed by atoms with Crippen molar-refractivity contribution in [2.75, 3.05) is 13.2 Å². The second-order valence-corrected chi connectivity index (χ2v) is 8.38. The monoisotopic (exact) mass is 444 g/mol. The van der Waals surface area contributed by atoms with Crippen LogP contribution in [0, 0.1) is 12.8 Å². The van der Waals surface area contributed by atoms with Crippen LogP contribution in [-0.2, 0) is 27.2 Å². The number of carboxylic acid groups (broad SMARTS) is 1. The van der Waals surface area contributed by atoms with Crippen molar-refractivity contribution in [2.45, 2.75) is 52.5 Å². The smallest absolute Gasteiger partial charge is 0.339 e. The summed E-state index contributed by atoms with van der Waals surface area (Å²) in [7, 11) is 0. The molecule has 9 nitrogen and oxygen atoms in total. The predicted octanol–water partition coefficient (Wildman–Crippen LogP) is 1.70. The number of carbonyl (C=O) groups is 3. The van der Waals surface area contributed by atoms with E-state index < -0.39 is 23.8 Å². The summed E-state index contributed by atoms with van der Waals surface area (Å²) < 4.78 is 11.3. The van der Waals surface area contributed by atoms with Crippen molar-refractivity contribution < 1.29 is 28.6 Å². The van der Waals surface area contributed by atoms with Crippen LogP contribution in [0.4, 0.5) is 0 Å². The molecule has 0 saturated heterocycles. The van der Waals surface area contributed by atoms with Gasteiger partial charge in [0.2, 0.25) is 5.91 Å². The van der Waals surface area contributed by atoms with Gasteiger partial charge >= 0.3 is 11.6 Å². The van der Waals surface area contributed by atoms with Gasteiger partial charge in [-0.25, -0.2) is 9.59 Å². The SMILES string of the molecule is Cc1cc(OCC(=O)NCC(=O)N[C@H](C(=O)O)C(C)C)c2c3c(c(=O)oc2c1)CCCC3. The zero-order chi connectivity index (χ0) is 23.4.